The Morgan fingerprint density at radius 2 is 1.80 bits per heavy atom. The van der Waals surface area contributed by atoms with Gasteiger partial charge in [-0.2, -0.15) is 0 Å². The summed E-state index contributed by atoms with van der Waals surface area (Å²) in [4.78, 5) is 0. The molecule has 0 aliphatic heterocycles. The van der Waals surface area contributed by atoms with Crippen LogP contribution in [-0.2, 0) is 0 Å². The lowest BCUT2D eigenvalue weighted by atomic mass is 9.76. The maximum atomic E-state index is 11.0. The van der Waals surface area contributed by atoms with Gasteiger partial charge in [0, 0.05) is 5.92 Å². The van der Waals surface area contributed by atoms with E-state index in [1.807, 2.05) is 13.0 Å². The summed E-state index contributed by atoms with van der Waals surface area (Å²) in [5.41, 5.74) is 0.705. The molecule has 0 heterocycles. The van der Waals surface area contributed by atoms with E-state index in [-0.39, 0.29) is 5.92 Å². The third-order valence-electron chi connectivity index (χ3n) is 5.14. The molecular weight excluding hydrogens is 244 g/mol. The van der Waals surface area contributed by atoms with Crippen LogP contribution in [0.1, 0.15) is 76.7 Å². The van der Waals surface area contributed by atoms with E-state index < -0.39 is 5.60 Å². The predicted molar refractivity (Wildman–Crippen MR) is 85.9 cm³/mol. The lowest BCUT2D eigenvalue weighted by Gasteiger charge is -2.34. The van der Waals surface area contributed by atoms with Crippen molar-refractivity contribution >= 4 is 0 Å². The normalized spacial score (nSPS) is 21.4. The first kappa shape index (κ1) is 15.6. The van der Waals surface area contributed by atoms with Gasteiger partial charge in [-0.25, -0.2) is 0 Å². The standard InChI is InChI=1S/C19H30O/c1-3-18(17-12-8-5-9-13-17)19(2,20)15-14-16-10-6-4-7-11-16/h5,8-9,12-13,16,18,20H,3-4,6-7,10-11,14-15H2,1-2H3. The number of benzene rings is 1. The molecule has 1 saturated carbocycles. The summed E-state index contributed by atoms with van der Waals surface area (Å²) in [5, 5.41) is 11.0. The molecule has 0 radical (unpaired) electrons. The molecule has 1 aliphatic carbocycles. The van der Waals surface area contributed by atoms with Gasteiger partial charge < -0.3 is 5.11 Å². The first-order chi connectivity index (χ1) is 9.63. The van der Waals surface area contributed by atoms with Crippen LogP contribution in [0.4, 0.5) is 0 Å². The van der Waals surface area contributed by atoms with Crippen molar-refractivity contribution in [3.8, 4) is 0 Å². The van der Waals surface area contributed by atoms with Gasteiger partial charge in [-0.1, -0.05) is 69.4 Å². The van der Waals surface area contributed by atoms with E-state index in [2.05, 4.69) is 31.2 Å². The van der Waals surface area contributed by atoms with Gasteiger partial charge in [-0.3, -0.25) is 0 Å². The van der Waals surface area contributed by atoms with Gasteiger partial charge in [0.25, 0.3) is 0 Å². The van der Waals surface area contributed by atoms with E-state index in [0.29, 0.717) is 0 Å². The molecule has 2 rings (SSSR count). The number of hydrogen-bond acceptors (Lipinski definition) is 1. The van der Waals surface area contributed by atoms with Crippen molar-refractivity contribution in [3.05, 3.63) is 35.9 Å². The smallest absolute Gasteiger partial charge is 0.0688 e. The van der Waals surface area contributed by atoms with E-state index in [9.17, 15) is 5.11 Å². The molecule has 1 heteroatoms. The first-order valence-corrected chi connectivity index (χ1v) is 8.41. The monoisotopic (exact) mass is 274 g/mol. The molecule has 0 spiro atoms. The Kier molecular flexibility index (Phi) is 5.65. The molecule has 0 bridgehead atoms. The van der Waals surface area contributed by atoms with Gasteiger partial charge in [0.1, 0.15) is 0 Å². The van der Waals surface area contributed by atoms with E-state index in [0.717, 1.165) is 18.8 Å². The predicted octanol–water partition coefficient (Wildman–Crippen LogP) is 5.29. The van der Waals surface area contributed by atoms with Crippen molar-refractivity contribution in [2.75, 3.05) is 0 Å². The molecule has 0 amide bonds. The molecule has 1 N–H and O–H groups in total. The summed E-state index contributed by atoms with van der Waals surface area (Å²) < 4.78 is 0. The molecule has 1 aromatic rings. The molecule has 2 unspecified atom stereocenters. The second-order valence-corrected chi connectivity index (χ2v) is 6.77. The third-order valence-corrected chi connectivity index (χ3v) is 5.14. The molecule has 1 aromatic carbocycles. The largest absolute Gasteiger partial charge is 0.390 e. The quantitative estimate of drug-likeness (QED) is 0.747. The van der Waals surface area contributed by atoms with E-state index in [1.165, 1.54) is 44.1 Å². The number of rotatable bonds is 6. The minimum atomic E-state index is -0.576. The molecule has 2 atom stereocenters. The summed E-state index contributed by atoms with van der Waals surface area (Å²) >= 11 is 0. The maximum Gasteiger partial charge on any atom is 0.0688 e. The lowest BCUT2D eigenvalue weighted by molar-refractivity contribution is 0.0131. The Morgan fingerprint density at radius 3 is 2.40 bits per heavy atom. The van der Waals surface area contributed by atoms with Gasteiger partial charge in [0.05, 0.1) is 5.60 Å². The van der Waals surface area contributed by atoms with Crippen LogP contribution in [0.15, 0.2) is 30.3 Å². The van der Waals surface area contributed by atoms with E-state index >= 15 is 0 Å². The summed E-state index contributed by atoms with van der Waals surface area (Å²) in [5.74, 6) is 1.11. The third kappa shape index (κ3) is 4.09. The van der Waals surface area contributed by atoms with Crippen molar-refractivity contribution in [2.24, 2.45) is 5.92 Å². The topological polar surface area (TPSA) is 20.2 Å². The molecule has 1 aliphatic rings. The van der Waals surface area contributed by atoms with Crippen molar-refractivity contribution in [1.82, 2.24) is 0 Å². The Bertz CT molecular complexity index is 376. The molecule has 1 fully saturated rings. The molecule has 0 aromatic heterocycles. The second kappa shape index (κ2) is 7.26. The van der Waals surface area contributed by atoms with E-state index in [1.54, 1.807) is 0 Å². The highest BCUT2D eigenvalue weighted by Crippen LogP contribution is 2.37. The highest BCUT2D eigenvalue weighted by Gasteiger charge is 2.32. The van der Waals surface area contributed by atoms with Crippen molar-refractivity contribution in [1.29, 1.82) is 0 Å². The zero-order valence-corrected chi connectivity index (χ0v) is 13.1. The average molecular weight is 274 g/mol. The Hall–Kier alpha value is -0.820. The van der Waals surface area contributed by atoms with E-state index in [4.69, 9.17) is 0 Å². The Labute approximate surface area is 124 Å². The maximum absolute atomic E-state index is 11.0. The van der Waals surface area contributed by atoms with Crippen molar-refractivity contribution < 1.29 is 5.11 Å². The van der Waals surface area contributed by atoms with Crippen molar-refractivity contribution in [2.45, 2.75) is 76.7 Å². The Balaban J connectivity index is 1.96. The van der Waals surface area contributed by atoms with Crippen molar-refractivity contribution in [3.63, 3.8) is 0 Å². The number of aliphatic hydroxyl groups is 1. The molecule has 1 nitrogen and oxygen atoms in total. The second-order valence-electron chi connectivity index (χ2n) is 6.77. The van der Waals surface area contributed by atoms with Crippen LogP contribution in [0.25, 0.3) is 0 Å². The molecule has 0 saturated heterocycles. The van der Waals surface area contributed by atoms with Crippen LogP contribution < -0.4 is 0 Å². The fourth-order valence-electron chi connectivity index (χ4n) is 3.87. The summed E-state index contributed by atoms with van der Waals surface area (Å²) in [7, 11) is 0. The fourth-order valence-corrected chi connectivity index (χ4v) is 3.87. The lowest BCUT2D eigenvalue weighted by Crippen LogP contribution is -2.33. The van der Waals surface area contributed by atoms with Crippen LogP contribution in [-0.4, -0.2) is 10.7 Å². The molecular formula is C19H30O. The number of hydrogen-bond donors (Lipinski definition) is 1. The summed E-state index contributed by atoms with van der Waals surface area (Å²) in [6, 6.07) is 10.5. The van der Waals surface area contributed by atoms with Crippen LogP contribution in [0, 0.1) is 5.92 Å². The SMILES string of the molecule is CCC(c1ccccc1)C(C)(O)CCC1CCCCC1. The van der Waals surface area contributed by atoms with Crippen LogP contribution >= 0.6 is 0 Å². The molecule has 112 valence electrons. The Morgan fingerprint density at radius 1 is 1.15 bits per heavy atom. The van der Waals surface area contributed by atoms with Gasteiger partial charge in [0.15, 0.2) is 0 Å². The summed E-state index contributed by atoms with van der Waals surface area (Å²) in [6.07, 6.45) is 10.1. The average Bonchev–Trinajstić information content (AvgIpc) is 2.48. The zero-order valence-electron chi connectivity index (χ0n) is 13.1. The van der Waals surface area contributed by atoms with Crippen LogP contribution in [0.2, 0.25) is 0 Å². The highest BCUT2D eigenvalue weighted by atomic mass is 16.3. The highest BCUT2D eigenvalue weighted by molar-refractivity contribution is 5.22. The first-order valence-electron chi connectivity index (χ1n) is 8.41. The van der Waals surface area contributed by atoms with Gasteiger partial charge in [-0.15, -0.1) is 0 Å². The fraction of sp³-hybridized carbons (Fsp3) is 0.684. The minimum Gasteiger partial charge on any atom is -0.390 e. The summed E-state index contributed by atoms with van der Waals surface area (Å²) in [6.45, 7) is 4.23. The van der Waals surface area contributed by atoms with Gasteiger partial charge in [-0.05, 0) is 37.7 Å². The minimum absolute atomic E-state index is 0.257. The van der Waals surface area contributed by atoms with Crippen LogP contribution in [0.5, 0.6) is 0 Å². The van der Waals surface area contributed by atoms with Crippen LogP contribution in [0.3, 0.4) is 0 Å². The zero-order chi connectivity index (χ0) is 14.4. The van der Waals surface area contributed by atoms with Gasteiger partial charge in [0.2, 0.25) is 0 Å². The molecule has 20 heavy (non-hydrogen) atoms. The van der Waals surface area contributed by atoms with Gasteiger partial charge >= 0.3 is 0 Å².